The maximum absolute atomic E-state index is 5.38. The zero-order valence-corrected chi connectivity index (χ0v) is 14.8. The Morgan fingerprint density at radius 1 is 1.35 bits per heavy atom. The molecule has 128 valence electrons. The molecule has 4 nitrogen and oxygen atoms in total. The number of benzene rings is 1. The molecule has 1 fully saturated rings. The Labute approximate surface area is 140 Å². The number of piperidine rings is 1. The topological polar surface area (TPSA) is 36.9 Å². The predicted octanol–water partition coefficient (Wildman–Crippen LogP) is 3.11. The van der Waals surface area contributed by atoms with Crippen molar-refractivity contribution in [2.45, 2.75) is 32.6 Å². The molecule has 0 aromatic heterocycles. The molecule has 0 saturated carbocycles. The third kappa shape index (κ3) is 5.24. The summed E-state index contributed by atoms with van der Waals surface area (Å²) in [5.74, 6) is 2.32. The smallest absolute Gasteiger partial charge is 0.193 e. The largest absolute Gasteiger partial charge is 0.382 e. The average Bonchev–Trinajstić information content (AvgIpc) is 2.59. The van der Waals surface area contributed by atoms with Gasteiger partial charge in [0.2, 0.25) is 0 Å². The van der Waals surface area contributed by atoms with Gasteiger partial charge in [-0.3, -0.25) is 4.99 Å². The van der Waals surface area contributed by atoms with Gasteiger partial charge in [-0.05, 0) is 37.2 Å². The van der Waals surface area contributed by atoms with Gasteiger partial charge in [-0.1, -0.05) is 37.3 Å². The Hall–Kier alpha value is -1.55. The van der Waals surface area contributed by atoms with Crippen LogP contribution < -0.4 is 5.32 Å². The number of ether oxygens (including phenoxy) is 1. The first-order valence-corrected chi connectivity index (χ1v) is 8.84. The second-order valence-corrected chi connectivity index (χ2v) is 6.25. The fourth-order valence-corrected chi connectivity index (χ4v) is 3.38. The fourth-order valence-electron chi connectivity index (χ4n) is 3.38. The summed E-state index contributed by atoms with van der Waals surface area (Å²) < 4.78 is 5.38. The van der Waals surface area contributed by atoms with Gasteiger partial charge in [0.25, 0.3) is 0 Å². The van der Waals surface area contributed by atoms with Crippen LogP contribution in [0, 0.1) is 5.92 Å². The summed E-state index contributed by atoms with van der Waals surface area (Å²) in [6, 6.07) is 10.9. The highest BCUT2D eigenvalue weighted by atomic mass is 16.5. The van der Waals surface area contributed by atoms with Gasteiger partial charge in [-0.2, -0.15) is 0 Å². The van der Waals surface area contributed by atoms with Crippen molar-refractivity contribution < 1.29 is 4.74 Å². The number of nitrogens with zero attached hydrogens (tertiary/aromatic N) is 2. The summed E-state index contributed by atoms with van der Waals surface area (Å²) in [4.78, 5) is 6.85. The van der Waals surface area contributed by atoms with Crippen molar-refractivity contribution in [3.05, 3.63) is 35.9 Å². The fraction of sp³-hybridized carbons (Fsp3) is 0.632. The van der Waals surface area contributed by atoms with Gasteiger partial charge in [-0.25, -0.2) is 0 Å². The minimum Gasteiger partial charge on any atom is -0.382 e. The van der Waals surface area contributed by atoms with Crippen molar-refractivity contribution in [1.82, 2.24) is 10.2 Å². The predicted molar refractivity (Wildman–Crippen MR) is 97.0 cm³/mol. The van der Waals surface area contributed by atoms with E-state index in [2.05, 4.69) is 52.5 Å². The molecule has 0 aliphatic carbocycles. The zero-order chi connectivity index (χ0) is 16.5. The van der Waals surface area contributed by atoms with Gasteiger partial charge >= 0.3 is 0 Å². The molecule has 1 aromatic carbocycles. The first-order valence-electron chi connectivity index (χ1n) is 8.84. The van der Waals surface area contributed by atoms with Crippen LogP contribution in [0.5, 0.6) is 0 Å². The van der Waals surface area contributed by atoms with E-state index in [4.69, 9.17) is 4.74 Å². The lowest BCUT2D eigenvalue weighted by Crippen LogP contribution is -2.48. The third-order valence-electron chi connectivity index (χ3n) is 4.60. The van der Waals surface area contributed by atoms with E-state index in [1.165, 1.54) is 12.0 Å². The molecule has 0 spiro atoms. The highest BCUT2D eigenvalue weighted by Gasteiger charge is 2.28. The summed E-state index contributed by atoms with van der Waals surface area (Å²) in [6.07, 6.45) is 2.20. The Balaban J connectivity index is 1.83. The lowest BCUT2D eigenvalue weighted by Gasteiger charge is -2.39. The number of rotatable bonds is 6. The summed E-state index contributed by atoms with van der Waals surface area (Å²) in [5, 5.41) is 3.47. The zero-order valence-electron chi connectivity index (χ0n) is 14.8. The van der Waals surface area contributed by atoms with Gasteiger partial charge < -0.3 is 15.0 Å². The van der Waals surface area contributed by atoms with Crippen LogP contribution in [0.25, 0.3) is 0 Å². The summed E-state index contributed by atoms with van der Waals surface area (Å²) in [7, 11) is 1.87. The summed E-state index contributed by atoms with van der Waals surface area (Å²) in [6.45, 7) is 9.03. The van der Waals surface area contributed by atoms with Crippen molar-refractivity contribution in [2.24, 2.45) is 10.9 Å². The Bertz CT molecular complexity index is 475. The molecule has 0 amide bonds. The SMILES string of the molecule is CCOCCCNC(=NC)N1CCC(c2ccccc2)C(C)C1. The lowest BCUT2D eigenvalue weighted by atomic mass is 9.82. The molecule has 0 radical (unpaired) electrons. The molecule has 2 atom stereocenters. The highest BCUT2D eigenvalue weighted by molar-refractivity contribution is 5.80. The van der Waals surface area contributed by atoms with Gasteiger partial charge in [0.1, 0.15) is 0 Å². The van der Waals surface area contributed by atoms with Crippen LogP contribution in [-0.2, 0) is 4.74 Å². The molecule has 1 saturated heterocycles. The molecule has 1 N–H and O–H groups in total. The van der Waals surface area contributed by atoms with Crippen LogP contribution in [-0.4, -0.2) is 50.8 Å². The van der Waals surface area contributed by atoms with Gasteiger partial charge in [-0.15, -0.1) is 0 Å². The second-order valence-electron chi connectivity index (χ2n) is 6.25. The Kier molecular flexibility index (Phi) is 7.40. The number of likely N-dealkylation sites (tertiary alicyclic amines) is 1. The van der Waals surface area contributed by atoms with Crippen molar-refractivity contribution >= 4 is 5.96 Å². The molecule has 2 unspecified atom stereocenters. The number of nitrogens with one attached hydrogen (secondary N) is 1. The minimum atomic E-state index is 0.633. The van der Waals surface area contributed by atoms with Crippen LogP contribution in [0.3, 0.4) is 0 Å². The van der Waals surface area contributed by atoms with Crippen molar-refractivity contribution in [2.75, 3.05) is 39.9 Å². The van der Waals surface area contributed by atoms with Gasteiger partial charge in [0.05, 0.1) is 0 Å². The normalized spacial score (nSPS) is 22.2. The van der Waals surface area contributed by atoms with E-state index in [9.17, 15) is 0 Å². The minimum absolute atomic E-state index is 0.633. The molecule has 1 aliphatic heterocycles. The molecular weight excluding hydrogens is 286 g/mol. The van der Waals surface area contributed by atoms with E-state index in [1.807, 2.05) is 14.0 Å². The number of aliphatic imine (C=N–C) groups is 1. The van der Waals surface area contributed by atoms with E-state index in [1.54, 1.807) is 0 Å². The monoisotopic (exact) mass is 317 g/mol. The maximum atomic E-state index is 5.38. The molecular formula is C19H31N3O. The van der Waals surface area contributed by atoms with E-state index in [0.29, 0.717) is 11.8 Å². The second kappa shape index (κ2) is 9.56. The molecule has 1 aromatic rings. The molecule has 0 bridgehead atoms. The molecule has 23 heavy (non-hydrogen) atoms. The standard InChI is InChI=1S/C19H31N3O/c1-4-23-14-8-12-21-19(20-3)22-13-11-18(16(2)15-22)17-9-6-5-7-10-17/h5-7,9-10,16,18H,4,8,11-15H2,1-3H3,(H,20,21). The quantitative estimate of drug-likeness (QED) is 0.497. The van der Waals surface area contributed by atoms with E-state index in [-0.39, 0.29) is 0 Å². The summed E-state index contributed by atoms with van der Waals surface area (Å²) >= 11 is 0. The Morgan fingerprint density at radius 2 is 2.13 bits per heavy atom. The highest BCUT2D eigenvalue weighted by Crippen LogP contribution is 2.32. The van der Waals surface area contributed by atoms with Crippen molar-refractivity contribution in [3.63, 3.8) is 0 Å². The first-order chi connectivity index (χ1) is 11.3. The van der Waals surface area contributed by atoms with Crippen molar-refractivity contribution in [3.8, 4) is 0 Å². The van der Waals surface area contributed by atoms with Crippen molar-refractivity contribution in [1.29, 1.82) is 0 Å². The van der Waals surface area contributed by atoms with Crippen LogP contribution in [0.4, 0.5) is 0 Å². The molecule has 4 heteroatoms. The molecule has 1 heterocycles. The third-order valence-corrected chi connectivity index (χ3v) is 4.60. The van der Waals surface area contributed by atoms with E-state index < -0.39 is 0 Å². The maximum Gasteiger partial charge on any atom is 0.193 e. The van der Waals surface area contributed by atoms with E-state index in [0.717, 1.165) is 45.2 Å². The molecule has 1 aliphatic rings. The summed E-state index contributed by atoms with van der Waals surface area (Å²) in [5.41, 5.74) is 1.47. The Morgan fingerprint density at radius 3 is 2.78 bits per heavy atom. The average molecular weight is 317 g/mol. The van der Waals surface area contributed by atoms with Gasteiger partial charge in [0, 0.05) is 39.9 Å². The number of guanidine groups is 1. The first kappa shape index (κ1) is 17.8. The van der Waals surface area contributed by atoms with Crippen LogP contribution in [0.15, 0.2) is 35.3 Å². The van der Waals surface area contributed by atoms with Gasteiger partial charge in [0.15, 0.2) is 5.96 Å². The number of hydrogen-bond donors (Lipinski definition) is 1. The van der Waals surface area contributed by atoms with Crippen LogP contribution in [0.2, 0.25) is 0 Å². The molecule has 2 rings (SSSR count). The number of hydrogen-bond acceptors (Lipinski definition) is 2. The van der Waals surface area contributed by atoms with Crippen LogP contribution in [0.1, 0.15) is 38.2 Å². The lowest BCUT2D eigenvalue weighted by molar-refractivity contribution is 0.145. The van der Waals surface area contributed by atoms with Crippen LogP contribution >= 0.6 is 0 Å². The van der Waals surface area contributed by atoms with E-state index >= 15 is 0 Å².